The molecule has 2 N–H and O–H groups in total. The van der Waals surface area contributed by atoms with Crippen LogP contribution in [0, 0.1) is 0 Å². The zero-order chi connectivity index (χ0) is 17.9. The largest absolute Gasteiger partial charge is 0.431 e. The number of aromatic amines is 1. The maximum absolute atomic E-state index is 12.5. The van der Waals surface area contributed by atoms with Crippen molar-refractivity contribution < 1.29 is 18.0 Å². The van der Waals surface area contributed by atoms with E-state index in [1.54, 1.807) is 11.1 Å². The van der Waals surface area contributed by atoms with E-state index in [2.05, 4.69) is 5.32 Å². The van der Waals surface area contributed by atoms with E-state index in [0.29, 0.717) is 6.07 Å². The first-order valence-electron chi connectivity index (χ1n) is 7.03. The van der Waals surface area contributed by atoms with E-state index < -0.39 is 23.3 Å². The number of hydrogen-bond donors (Lipinski definition) is 2. The van der Waals surface area contributed by atoms with Crippen LogP contribution in [-0.4, -0.2) is 25.0 Å². The lowest BCUT2D eigenvalue weighted by molar-refractivity contribution is -0.141. The van der Waals surface area contributed by atoms with Crippen LogP contribution in [0.4, 0.5) is 18.9 Å². The molecule has 2 rings (SSSR count). The van der Waals surface area contributed by atoms with Gasteiger partial charge in [-0.2, -0.15) is 13.2 Å². The van der Waals surface area contributed by atoms with E-state index in [0.717, 1.165) is 17.3 Å². The summed E-state index contributed by atoms with van der Waals surface area (Å²) in [6.07, 6.45) is -4.67. The van der Waals surface area contributed by atoms with Crippen molar-refractivity contribution in [2.45, 2.75) is 12.7 Å². The number of carbonyl (C=O) groups is 1. The number of carbonyl (C=O) groups excluding carboxylic acids is 1. The Hall–Kier alpha value is -2.77. The van der Waals surface area contributed by atoms with Crippen LogP contribution in [0.25, 0.3) is 0 Å². The first-order chi connectivity index (χ1) is 11.2. The number of anilines is 1. The number of hydrogen-bond acceptors (Lipinski definition) is 3. The molecular formula is C16H16F3N3O2. The number of benzene rings is 1. The maximum atomic E-state index is 12.5. The molecule has 5 nitrogen and oxygen atoms in total. The number of amides is 1. The number of aromatic nitrogens is 1. The molecule has 8 heteroatoms. The van der Waals surface area contributed by atoms with Gasteiger partial charge in [-0.1, -0.05) is 12.1 Å². The summed E-state index contributed by atoms with van der Waals surface area (Å²) in [5.41, 5.74) is -0.897. The van der Waals surface area contributed by atoms with Gasteiger partial charge in [-0.05, 0) is 29.8 Å². The van der Waals surface area contributed by atoms with Crippen LogP contribution in [0.5, 0.6) is 0 Å². The Kier molecular flexibility index (Phi) is 4.96. The summed E-state index contributed by atoms with van der Waals surface area (Å²) in [4.78, 5) is 27.2. The molecule has 0 spiro atoms. The van der Waals surface area contributed by atoms with Crippen molar-refractivity contribution in [3.8, 4) is 0 Å². The van der Waals surface area contributed by atoms with Gasteiger partial charge in [0.2, 0.25) is 0 Å². The van der Waals surface area contributed by atoms with Crippen LogP contribution in [0.15, 0.2) is 41.2 Å². The number of nitrogens with one attached hydrogen (secondary N) is 2. The summed E-state index contributed by atoms with van der Waals surface area (Å²) in [5, 5.41) is 2.52. The molecule has 0 aliphatic heterocycles. The average Bonchev–Trinajstić information content (AvgIpc) is 2.52. The second-order valence-corrected chi connectivity index (χ2v) is 5.36. The van der Waals surface area contributed by atoms with E-state index in [1.165, 1.54) is 0 Å². The lowest BCUT2D eigenvalue weighted by Gasteiger charge is -2.14. The van der Waals surface area contributed by atoms with Crippen molar-refractivity contribution in [1.82, 2.24) is 10.3 Å². The quantitative estimate of drug-likeness (QED) is 0.899. The Morgan fingerprint density at radius 3 is 2.50 bits per heavy atom. The Morgan fingerprint density at radius 1 is 1.21 bits per heavy atom. The monoisotopic (exact) mass is 339 g/mol. The lowest BCUT2D eigenvalue weighted by Crippen LogP contribution is -2.30. The highest BCUT2D eigenvalue weighted by Crippen LogP contribution is 2.26. The van der Waals surface area contributed by atoms with Crippen LogP contribution in [-0.2, 0) is 12.7 Å². The highest BCUT2D eigenvalue weighted by Gasteiger charge is 2.32. The molecule has 1 amide bonds. The van der Waals surface area contributed by atoms with Gasteiger partial charge in [-0.15, -0.1) is 0 Å². The summed E-state index contributed by atoms with van der Waals surface area (Å²) >= 11 is 0. The Balaban J connectivity index is 2.11. The molecule has 2 aromatic rings. The van der Waals surface area contributed by atoms with Crippen LogP contribution in [0.2, 0.25) is 0 Å². The summed E-state index contributed by atoms with van der Waals surface area (Å²) in [7, 11) is 3.75. The molecule has 128 valence electrons. The predicted molar refractivity (Wildman–Crippen MR) is 84.0 cm³/mol. The molecule has 0 saturated heterocycles. The van der Waals surface area contributed by atoms with Crippen molar-refractivity contribution in [3.63, 3.8) is 0 Å². The molecule has 0 aliphatic carbocycles. The topological polar surface area (TPSA) is 65.2 Å². The van der Waals surface area contributed by atoms with Gasteiger partial charge in [0, 0.05) is 26.3 Å². The minimum absolute atomic E-state index is 0.154. The molecule has 1 heterocycles. The van der Waals surface area contributed by atoms with Gasteiger partial charge in [0.15, 0.2) is 0 Å². The zero-order valence-corrected chi connectivity index (χ0v) is 13.1. The average molecular weight is 339 g/mol. The van der Waals surface area contributed by atoms with E-state index in [-0.39, 0.29) is 12.1 Å². The van der Waals surface area contributed by atoms with Gasteiger partial charge in [-0.3, -0.25) is 9.59 Å². The minimum Gasteiger partial charge on any atom is -0.378 e. The van der Waals surface area contributed by atoms with E-state index in [4.69, 9.17) is 0 Å². The molecule has 0 atom stereocenters. The third kappa shape index (κ3) is 4.15. The summed E-state index contributed by atoms with van der Waals surface area (Å²) in [5.74, 6) is -0.736. The van der Waals surface area contributed by atoms with Crippen molar-refractivity contribution in [1.29, 1.82) is 0 Å². The first kappa shape index (κ1) is 17.6. The zero-order valence-electron chi connectivity index (χ0n) is 13.1. The number of H-pyrrole nitrogens is 1. The number of alkyl halides is 3. The highest BCUT2D eigenvalue weighted by molar-refractivity contribution is 5.93. The van der Waals surface area contributed by atoms with Crippen LogP contribution >= 0.6 is 0 Å². The second kappa shape index (κ2) is 6.77. The Labute approximate surface area is 136 Å². The first-order valence-corrected chi connectivity index (χ1v) is 7.03. The second-order valence-electron chi connectivity index (χ2n) is 5.36. The van der Waals surface area contributed by atoms with Crippen molar-refractivity contribution in [2.75, 3.05) is 19.0 Å². The molecule has 1 aromatic heterocycles. The number of nitrogens with zero attached hydrogens (tertiary/aromatic N) is 1. The van der Waals surface area contributed by atoms with Crippen LogP contribution in [0.1, 0.15) is 21.6 Å². The van der Waals surface area contributed by atoms with E-state index in [1.807, 2.05) is 37.2 Å². The molecule has 0 aliphatic rings. The molecule has 24 heavy (non-hydrogen) atoms. The molecular weight excluding hydrogens is 323 g/mol. The van der Waals surface area contributed by atoms with Gasteiger partial charge in [0.25, 0.3) is 11.5 Å². The molecule has 0 saturated carbocycles. The highest BCUT2D eigenvalue weighted by atomic mass is 19.4. The Morgan fingerprint density at radius 2 is 1.92 bits per heavy atom. The van der Waals surface area contributed by atoms with Crippen molar-refractivity contribution in [3.05, 3.63) is 63.6 Å². The maximum Gasteiger partial charge on any atom is 0.431 e. The fraction of sp³-hybridized carbons (Fsp3) is 0.250. The minimum atomic E-state index is -4.67. The summed E-state index contributed by atoms with van der Waals surface area (Å²) in [6.45, 7) is 0.154. The number of pyridine rings is 1. The summed E-state index contributed by atoms with van der Waals surface area (Å²) < 4.78 is 37.5. The molecule has 0 radical (unpaired) electrons. The molecule has 0 unspecified atom stereocenters. The third-order valence-corrected chi connectivity index (χ3v) is 3.34. The smallest absolute Gasteiger partial charge is 0.378 e. The number of halogens is 3. The molecule has 1 aromatic carbocycles. The standard InChI is InChI=1S/C16H16F3N3O2/c1-22(2)11-5-3-4-10(8-11)9-20-14(23)12-6-7-13(16(17,18)19)21-15(12)24/h3-8H,9H2,1-2H3,(H,20,23)(H,21,24). The van der Waals surface area contributed by atoms with Gasteiger partial charge < -0.3 is 15.2 Å². The van der Waals surface area contributed by atoms with Crippen LogP contribution in [0.3, 0.4) is 0 Å². The molecule has 0 fully saturated rings. The van der Waals surface area contributed by atoms with Gasteiger partial charge >= 0.3 is 6.18 Å². The lowest BCUT2D eigenvalue weighted by atomic mass is 10.2. The van der Waals surface area contributed by atoms with Gasteiger partial charge in [-0.25, -0.2) is 0 Å². The normalized spacial score (nSPS) is 11.2. The molecule has 0 bridgehead atoms. The fourth-order valence-corrected chi connectivity index (χ4v) is 2.04. The third-order valence-electron chi connectivity index (χ3n) is 3.34. The van der Waals surface area contributed by atoms with E-state index >= 15 is 0 Å². The number of rotatable bonds is 4. The fourth-order valence-electron chi connectivity index (χ4n) is 2.04. The van der Waals surface area contributed by atoms with Gasteiger partial charge in [0.1, 0.15) is 11.3 Å². The Bertz CT molecular complexity index is 798. The van der Waals surface area contributed by atoms with Crippen molar-refractivity contribution in [2.24, 2.45) is 0 Å². The van der Waals surface area contributed by atoms with E-state index in [9.17, 15) is 22.8 Å². The van der Waals surface area contributed by atoms with Crippen LogP contribution < -0.4 is 15.8 Å². The summed E-state index contributed by atoms with van der Waals surface area (Å²) in [6, 6.07) is 8.91. The predicted octanol–water partition coefficient (Wildman–Crippen LogP) is 2.39. The van der Waals surface area contributed by atoms with Crippen molar-refractivity contribution >= 4 is 11.6 Å². The van der Waals surface area contributed by atoms with Gasteiger partial charge in [0.05, 0.1) is 0 Å². The SMILES string of the molecule is CN(C)c1cccc(CNC(=O)c2ccc(C(F)(F)F)[nH]c2=O)c1.